The number of imidazole rings is 1. The van der Waals surface area contributed by atoms with Crippen molar-refractivity contribution in [3.63, 3.8) is 0 Å². The molecule has 5 rings (SSSR count). The number of halogens is 4. The minimum Gasteiger partial charge on any atom is -0.480 e. The Kier molecular flexibility index (Phi) is 6.93. The SMILES string of the molecule is COc1ncnc(C2CC2)c1-c1nc(OCc2ccc(-c3nc(C(F)(F)F)cn3C)c(F)c2)cc([C@H](C)O)n1. The molecule has 9 nitrogen and oxygen atoms in total. The van der Waals surface area contributed by atoms with Gasteiger partial charge >= 0.3 is 6.18 Å². The van der Waals surface area contributed by atoms with Gasteiger partial charge in [0, 0.05) is 25.2 Å². The lowest BCUT2D eigenvalue weighted by Crippen LogP contribution is -2.07. The number of aliphatic hydroxyl groups excluding tert-OH is 1. The van der Waals surface area contributed by atoms with Crippen molar-refractivity contribution in [2.75, 3.05) is 7.11 Å². The van der Waals surface area contributed by atoms with Gasteiger partial charge in [-0.05, 0) is 37.5 Å². The fourth-order valence-electron chi connectivity index (χ4n) is 4.10. The van der Waals surface area contributed by atoms with Crippen molar-refractivity contribution in [3.05, 3.63) is 65.3 Å². The van der Waals surface area contributed by atoms with Crippen LogP contribution in [0, 0.1) is 5.82 Å². The summed E-state index contributed by atoms with van der Waals surface area (Å²) in [6, 6.07) is 5.50. The van der Waals surface area contributed by atoms with Gasteiger partial charge in [-0.3, -0.25) is 0 Å². The van der Waals surface area contributed by atoms with Crippen LogP contribution in [-0.2, 0) is 19.8 Å². The maximum atomic E-state index is 14.9. The summed E-state index contributed by atoms with van der Waals surface area (Å²) in [6.45, 7) is 1.44. The van der Waals surface area contributed by atoms with Crippen LogP contribution >= 0.6 is 0 Å². The number of alkyl halides is 3. The first-order chi connectivity index (χ1) is 18.5. The maximum absolute atomic E-state index is 14.9. The first kappa shape index (κ1) is 26.5. The molecule has 39 heavy (non-hydrogen) atoms. The third-order valence-electron chi connectivity index (χ3n) is 6.20. The van der Waals surface area contributed by atoms with Crippen molar-refractivity contribution in [1.29, 1.82) is 0 Å². The molecular formula is C26H24F4N6O3. The zero-order chi connectivity index (χ0) is 27.9. The molecule has 1 atom stereocenters. The summed E-state index contributed by atoms with van der Waals surface area (Å²) in [7, 11) is 2.84. The lowest BCUT2D eigenvalue weighted by molar-refractivity contribution is -0.140. The predicted octanol–water partition coefficient (Wildman–Crippen LogP) is 5.01. The molecule has 204 valence electrons. The average Bonchev–Trinajstić information content (AvgIpc) is 3.67. The standard InChI is InChI=1S/C26H24F4N6O3/c1-13(37)18-9-20(35-23(33-18)21-22(15-5-6-15)31-12-32-25(21)38-3)39-11-14-4-7-16(17(27)8-14)24-34-19(10-36(24)2)26(28,29)30/h4,7-10,12-13,15,37H,5-6,11H2,1-3H3/t13-/m0/s1. The summed E-state index contributed by atoms with van der Waals surface area (Å²) in [5.74, 6) is -0.0492. The van der Waals surface area contributed by atoms with Crippen LogP contribution in [-0.4, -0.2) is 41.7 Å². The first-order valence-electron chi connectivity index (χ1n) is 12.0. The highest BCUT2D eigenvalue weighted by Crippen LogP contribution is 2.45. The fraction of sp³-hybridized carbons (Fsp3) is 0.346. The minimum absolute atomic E-state index is 0.0822. The quantitative estimate of drug-likeness (QED) is 0.309. The minimum atomic E-state index is -4.64. The molecule has 13 heteroatoms. The monoisotopic (exact) mass is 544 g/mol. The summed E-state index contributed by atoms with van der Waals surface area (Å²) in [6.07, 6.45) is -1.44. The van der Waals surface area contributed by atoms with E-state index in [0.717, 1.165) is 35.4 Å². The maximum Gasteiger partial charge on any atom is 0.434 e. The Morgan fingerprint density at radius 1 is 1.13 bits per heavy atom. The third-order valence-corrected chi connectivity index (χ3v) is 6.20. The normalized spacial score (nSPS) is 14.4. The number of aromatic nitrogens is 6. The van der Waals surface area contributed by atoms with Crippen molar-refractivity contribution < 1.29 is 32.1 Å². The predicted molar refractivity (Wildman–Crippen MR) is 130 cm³/mol. The van der Waals surface area contributed by atoms with E-state index in [1.54, 1.807) is 6.92 Å². The molecule has 0 amide bonds. The number of methoxy groups -OCH3 is 1. The van der Waals surface area contributed by atoms with E-state index in [1.807, 2.05) is 0 Å². The Balaban J connectivity index is 1.43. The highest BCUT2D eigenvalue weighted by Gasteiger charge is 2.35. The summed E-state index contributed by atoms with van der Waals surface area (Å²) >= 11 is 0. The average molecular weight is 545 g/mol. The molecule has 1 aliphatic rings. The Labute approximate surface area is 220 Å². The molecule has 0 bridgehead atoms. The zero-order valence-electron chi connectivity index (χ0n) is 21.2. The van der Waals surface area contributed by atoms with Gasteiger partial charge in [0.15, 0.2) is 11.5 Å². The van der Waals surface area contributed by atoms with E-state index in [0.29, 0.717) is 22.7 Å². The molecule has 1 fully saturated rings. The molecule has 1 N–H and O–H groups in total. The zero-order valence-corrected chi connectivity index (χ0v) is 21.2. The molecule has 0 saturated heterocycles. The van der Waals surface area contributed by atoms with E-state index >= 15 is 0 Å². The van der Waals surface area contributed by atoms with Gasteiger partial charge in [0.25, 0.3) is 0 Å². The topological polar surface area (TPSA) is 108 Å². The second-order valence-corrected chi connectivity index (χ2v) is 9.21. The molecule has 1 aromatic carbocycles. The molecule has 0 unspecified atom stereocenters. The smallest absolute Gasteiger partial charge is 0.434 e. The van der Waals surface area contributed by atoms with Gasteiger partial charge in [0.05, 0.1) is 30.2 Å². The number of aryl methyl sites for hydroxylation is 1. The van der Waals surface area contributed by atoms with Crippen LogP contribution in [0.3, 0.4) is 0 Å². The molecule has 3 aromatic heterocycles. The Hall–Kier alpha value is -4.13. The number of aliphatic hydroxyl groups is 1. The van der Waals surface area contributed by atoms with Crippen LogP contribution < -0.4 is 9.47 Å². The molecule has 1 saturated carbocycles. The van der Waals surface area contributed by atoms with E-state index in [-0.39, 0.29) is 35.6 Å². The second kappa shape index (κ2) is 10.2. The third kappa shape index (κ3) is 5.53. The molecule has 3 heterocycles. The summed E-state index contributed by atoms with van der Waals surface area (Å²) in [5.41, 5.74) is 0.764. The summed E-state index contributed by atoms with van der Waals surface area (Å²) < 4.78 is 66.4. The van der Waals surface area contributed by atoms with Gasteiger partial charge in [-0.2, -0.15) is 18.2 Å². The van der Waals surface area contributed by atoms with Gasteiger partial charge in [-0.25, -0.2) is 24.3 Å². The lowest BCUT2D eigenvalue weighted by atomic mass is 10.1. The second-order valence-electron chi connectivity index (χ2n) is 9.21. The number of hydrogen-bond donors (Lipinski definition) is 1. The van der Waals surface area contributed by atoms with Gasteiger partial charge < -0.3 is 19.1 Å². The van der Waals surface area contributed by atoms with E-state index in [1.165, 1.54) is 38.7 Å². The van der Waals surface area contributed by atoms with Crippen LogP contribution in [0.25, 0.3) is 22.8 Å². The fourth-order valence-corrected chi connectivity index (χ4v) is 4.10. The van der Waals surface area contributed by atoms with Gasteiger partial charge in [0.2, 0.25) is 11.8 Å². The molecule has 0 radical (unpaired) electrons. The number of ether oxygens (including phenoxy) is 2. The number of hydrogen-bond acceptors (Lipinski definition) is 8. The Morgan fingerprint density at radius 2 is 1.90 bits per heavy atom. The first-order valence-corrected chi connectivity index (χ1v) is 12.0. The van der Waals surface area contributed by atoms with Crippen LogP contribution in [0.2, 0.25) is 0 Å². The van der Waals surface area contributed by atoms with Crippen molar-refractivity contribution in [2.24, 2.45) is 7.05 Å². The van der Waals surface area contributed by atoms with Gasteiger partial charge in [-0.1, -0.05) is 6.07 Å². The van der Waals surface area contributed by atoms with E-state index in [9.17, 15) is 22.7 Å². The molecule has 0 aliphatic heterocycles. The summed E-state index contributed by atoms with van der Waals surface area (Å²) in [4.78, 5) is 21.1. The molecular weight excluding hydrogens is 520 g/mol. The number of rotatable bonds is 8. The largest absolute Gasteiger partial charge is 0.480 e. The molecule has 1 aliphatic carbocycles. The van der Waals surface area contributed by atoms with Gasteiger partial charge in [0.1, 0.15) is 30.1 Å². The molecule has 4 aromatic rings. The van der Waals surface area contributed by atoms with Crippen LogP contribution in [0.4, 0.5) is 17.6 Å². The number of nitrogens with zero attached hydrogens (tertiary/aromatic N) is 6. The van der Waals surface area contributed by atoms with E-state index in [2.05, 4.69) is 24.9 Å². The highest BCUT2D eigenvalue weighted by atomic mass is 19.4. The van der Waals surface area contributed by atoms with Crippen LogP contribution in [0.5, 0.6) is 11.8 Å². The Morgan fingerprint density at radius 3 is 2.51 bits per heavy atom. The highest BCUT2D eigenvalue weighted by molar-refractivity contribution is 5.66. The van der Waals surface area contributed by atoms with Crippen molar-refractivity contribution >= 4 is 0 Å². The van der Waals surface area contributed by atoms with E-state index in [4.69, 9.17) is 9.47 Å². The van der Waals surface area contributed by atoms with Crippen molar-refractivity contribution in [3.8, 4) is 34.5 Å². The Bertz CT molecular complexity index is 1520. The van der Waals surface area contributed by atoms with Gasteiger partial charge in [-0.15, -0.1) is 0 Å². The molecule has 0 spiro atoms. The van der Waals surface area contributed by atoms with Crippen LogP contribution in [0.15, 0.2) is 36.8 Å². The number of benzene rings is 1. The van der Waals surface area contributed by atoms with E-state index < -0.39 is 23.8 Å². The van der Waals surface area contributed by atoms with Crippen LogP contribution in [0.1, 0.15) is 54.4 Å². The van der Waals surface area contributed by atoms with Crippen molar-refractivity contribution in [1.82, 2.24) is 29.5 Å². The van der Waals surface area contributed by atoms with Crippen molar-refractivity contribution in [2.45, 2.75) is 44.6 Å². The lowest BCUT2D eigenvalue weighted by Gasteiger charge is -2.14. The summed E-state index contributed by atoms with van der Waals surface area (Å²) in [5, 5.41) is 10.2.